The van der Waals surface area contributed by atoms with Crippen molar-refractivity contribution in [3.05, 3.63) is 113 Å². The van der Waals surface area contributed by atoms with Crippen LogP contribution in [0, 0.1) is 12.3 Å². The fourth-order valence-electron chi connectivity index (χ4n) is 3.13. The fraction of sp³-hybridized carbons (Fsp3) is 0.200. The molecule has 0 aliphatic heterocycles. The highest BCUT2D eigenvalue weighted by molar-refractivity contribution is 5.84. The van der Waals surface area contributed by atoms with Crippen LogP contribution >= 0.6 is 0 Å². The topological polar surface area (TPSA) is 0 Å². The SMILES string of the molecule is C#C\C(=C/C(/C=C\C)=C/C=C/CC)c1ccc(/C(C)=C/c2ccc(CC)cc2)cc1. The third kappa shape index (κ3) is 6.94. The quantitative estimate of drug-likeness (QED) is 0.241. The summed E-state index contributed by atoms with van der Waals surface area (Å²) in [7, 11) is 0. The van der Waals surface area contributed by atoms with Crippen molar-refractivity contribution in [2.45, 2.75) is 40.5 Å². The van der Waals surface area contributed by atoms with Gasteiger partial charge in [-0.05, 0) is 66.2 Å². The third-order valence-electron chi connectivity index (χ3n) is 4.91. The summed E-state index contributed by atoms with van der Waals surface area (Å²) < 4.78 is 0. The van der Waals surface area contributed by atoms with Crippen molar-refractivity contribution in [2.24, 2.45) is 0 Å². The van der Waals surface area contributed by atoms with Crippen molar-refractivity contribution < 1.29 is 0 Å². The van der Waals surface area contributed by atoms with Gasteiger partial charge in [-0.3, -0.25) is 0 Å². The highest BCUT2D eigenvalue weighted by Gasteiger charge is 2.02. The number of rotatable bonds is 8. The van der Waals surface area contributed by atoms with E-state index in [1.807, 2.05) is 13.0 Å². The Hall–Kier alpha value is -3.30. The lowest BCUT2D eigenvalue weighted by Gasteiger charge is -2.06. The number of allylic oxidation sites excluding steroid dienone is 9. The highest BCUT2D eigenvalue weighted by Crippen LogP contribution is 2.22. The van der Waals surface area contributed by atoms with Crippen molar-refractivity contribution in [1.29, 1.82) is 0 Å². The molecule has 0 nitrogen and oxygen atoms in total. The number of hydrogen-bond acceptors (Lipinski definition) is 0. The molecule has 0 radical (unpaired) electrons. The second-order valence-electron chi connectivity index (χ2n) is 7.21. The van der Waals surface area contributed by atoms with Gasteiger partial charge in [0.25, 0.3) is 0 Å². The maximum absolute atomic E-state index is 5.83. The summed E-state index contributed by atoms with van der Waals surface area (Å²) in [5.41, 5.74) is 8.04. The summed E-state index contributed by atoms with van der Waals surface area (Å²) in [4.78, 5) is 0. The summed E-state index contributed by atoms with van der Waals surface area (Å²) in [6.07, 6.45) is 22.6. The molecule has 0 amide bonds. The van der Waals surface area contributed by atoms with Gasteiger partial charge >= 0.3 is 0 Å². The molecular weight excluding hydrogens is 360 g/mol. The van der Waals surface area contributed by atoms with Gasteiger partial charge in [0.1, 0.15) is 0 Å². The van der Waals surface area contributed by atoms with Gasteiger partial charge in [-0.2, -0.15) is 0 Å². The molecule has 0 spiro atoms. The number of aryl methyl sites for hydroxylation is 1. The molecule has 0 bridgehead atoms. The minimum absolute atomic E-state index is 0.882. The molecule has 0 heterocycles. The van der Waals surface area contributed by atoms with E-state index in [0.717, 1.165) is 29.6 Å². The minimum atomic E-state index is 0.882. The van der Waals surface area contributed by atoms with Crippen molar-refractivity contribution in [3.8, 4) is 12.3 Å². The molecule has 0 aliphatic carbocycles. The predicted octanol–water partition coefficient (Wildman–Crippen LogP) is 8.29. The van der Waals surface area contributed by atoms with Gasteiger partial charge in [-0.1, -0.05) is 105 Å². The zero-order valence-corrected chi connectivity index (χ0v) is 18.7. The Bertz CT molecular complexity index is 995. The molecule has 30 heavy (non-hydrogen) atoms. The fourth-order valence-corrected chi connectivity index (χ4v) is 3.13. The zero-order valence-electron chi connectivity index (χ0n) is 18.7. The molecule has 2 rings (SSSR count). The highest BCUT2D eigenvalue weighted by atomic mass is 14.1. The van der Waals surface area contributed by atoms with Crippen LogP contribution in [-0.2, 0) is 6.42 Å². The van der Waals surface area contributed by atoms with Crippen LogP contribution in [0.1, 0.15) is 56.4 Å². The first-order valence-corrected chi connectivity index (χ1v) is 10.7. The summed E-state index contributed by atoms with van der Waals surface area (Å²) in [5.74, 6) is 2.84. The summed E-state index contributed by atoms with van der Waals surface area (Å²) >= 11 is 0. The largest absolute Gasteiger partial charge is 0.115 e. The van der Waals surface area contributed by atoms with Gasteiger partial charge in [-0.25, -0.2) is 0 Å². The maximum atomic E-state index is 5.83. The molecule has 0 saturated carbocycles. The van der Waals surface area contributed by atoms with E-state index in [9.17, 15) is 0 Å². The van der Waals surface area contributed by atoms with E-state index in [1.54, 1.807) is 0 Å². The van der Waals surface area contributed by atoms with Crippen LogP contribution < -0.4 is 0 Å². The van der Waals surface area contributed by atoms with Crippen LogP contribution in [0.25, 0.3) is 17.2 Å². The van der Waals surface area contributed by atoms with Gasteiger partial charge in [0, 0.05) is 5.57 Å². The van der Waals surface area contributed by atoms with E-state index in [-0.39, 0.29) is 0 Å². The lowest BCUT2D eigenvalue weighted by Crippen LogP contribution is -1.86. The minimum Gasteiger partial charge on any atom is -0.115 e. The first kappa shape index (κ1) is 23.0. The van der Waals surface area contributed by atoms with Gasteiger partial charge in [0.15, 0.2) is 0 Å². The molecule has 0 atom stereocenters. The summed E-state index contributed by atoms with van der Waals surface area (Å²) in [5, 5.41) is 0. The smallest absolute Gasteiger partial charge is 0.0320 e. The molecule has 0 heteroatoms. The van der Waals surface area contributed by atoms with Crippen LogP contribution in [0.5, 0.6) is 0 Å². The normalized spacial score (nSPS) is 13.2. The number of benzene rings is 2. The van der Waals surface area contributed by atoms with E-state index < -0.39 is 0 Å². The maximum Gasteiger partial charge on any atom is 0.0320 e. The molecule has 0 saturated heterocycles. The summed E-state index contributed by atoms with van der Waals surface area (Å²) in [6, 6.07) is 17.2. The van der Waals surface area contributed by atoms with Gasteiger partial charge in [0.05, 0.1) is 0 Å². The van der Waals surface area contributed by atoms with Gasteiger partial charge in [-0.15, -0.1) is 6.42 Å². The average Bonchev–Trinajstić information content (AvgIpc) is 2.78. The Balaban J connectivity index is 2.27. The Morgan fingerprint density at radius 2 is 1.63 bits per heavy atom. The van der Waals surface area contributed by atoms with Gasteiger partial charge in [0.2, 0.25) is 0 Å². The van der Waals surface area contributed by atoms with E-state index >= 15 is 0 Å². The Morgan fingerprint density at radius 3 is 2.20 bits per heavy atom. The molecular formula is C30H32. The molecule has 0 N–H and O–H groups in total. The number of hydrogen-bond donors (Lipinski definition) is 0. The third-order valence-corrected chi connectivity index (χ3v) is 4.91. The molecule has 0 fully saturated rings. The van der Waals surface area contributed by atoms with Crippen LogP contribution in [0.15, 0.2) is 90.6 Å². The lowest BCUT2D eigenvalue weighted by atomic mass is 9.98. The second kappa shape index (κ2) is 12.3. The lowest BCUT2D eigenvalue weighted by molar-refractivity contribution is 1.14. The molecule has 2 aromatic carbocycles. The van der Waals surface area contributed by atoms with Gasteiger partial charge < -0.3 is 0 Å². The molecule has 0 aromatic heterocycles. The van der Waals surface area contributed by atoms with Crippen molar-refractivity contribution in [1.82, 2.24) is 0 Å². The second-order valence-corrected chi connectivity index (χ2v) is 7.21. The first-order valence-electron chi connectivity index (χ1n) is 10.7. The monoisotopic (exact) mass is 392 g/mol. The van der Waals surface area contributed by atoms with Crippen LogP contribution in [0.2, 0.25) is 0 Å². The Labute approximate surface area is 183 Å². The summed E-state index contributed by atoms with van der Waals surface area (Å²) in [6.45, 7) is 8.46. The van der Waals surface area contributed by atoms with E-state index in [0.29, 0.717) is 0 Å². The standard InChI is InChI=1S/C30H32/c1-6-10-11-13-26(12-7-2)23-28(9-4)30-20-18-29(19-21-30)24(5)22-27-16-14-25(8-3)15-17-27/h4,7,10-23H,6,8H2,1-3,5H3/b11-10+,12-7-,24-22+,26-13+,28-23+. The van der Waals surface area contributed by atoms with Crippen molar-refractivity contribution in [2.75, 3.05) is 0 Å². The van der Waals surface area contributed by atoms with E-state index in [4.69, 9.17) is 6.42 Å². The van der Waals surface area contributed by atoms with Crippen LogP contribution in [-0.4, -0.2) is 0 Å². The molecule has 152 valence electrons. The molecule has 0 aliphatic rings. The van der Waals surface area contributed by atoms with E-state index in [2.05, 4.69) is 112 Å². The first-order chi connectivity index (χ1) is 14.6. The Morgan fingerprint density at radius 1 is 0.967 bits per heavy atom. The van der Waals surface area contributed by atoms with Crippen molar-refractivity contribution in [3.63, 3.8) is 0 Å². The van der Waals surface area contributed by atoms with Crippen molar-refractivity contribution >= 4 is 17.2 Å². The zero-order chi connectivity index (χ0) is 21.8. The Kier molecular flexibility index (Phi) is 9.43. The molecule has 0 unspecified atom stereocenters. The van der Waals surface area contributed by atoms with Crippen LogP contribution in [0.4, 0.5) is 0 Å². The predicted molar refractivity (Wildman–Crippen MR) is 135 cm³/mol. The number of terminal acetylenes is 1. The average molecular weight is 393 g/mol. The molecule has 2 aromatic rings. The van der Waals surface area contributed by atoms with E-state index in [1.165, 1.54) is 22.3 Å². The van der Waals surface area contributed by atoms with Crippen LogP contribution in [0.3, 0.4) is 0 Å².